The minimum absolute atomic E-state index is 0.0768. The van der Waals surface area contributed by atoms with Crippen molar-refractivity contribution in [1.29, 1.82) is 0 Å². The summed E-state index contributed by atoms with van der Waals surface area (Å²) < 4.78 is 5.47. The van der Waals surface area contributed by atoms with Gasteiger partial charge in [-0.15, -0.1) is 0 Å². The van der Waals surface area contributed by atoms with E-state index in [1.807, 2.05) is 25.1 Å². The number of hydrogen-bond acceptors (Lipinski definition) is 3. The molecule has 0 fully saturated rings. The minimum Gasteiger partial charge on any atom is -0.489 e. The van der Waals surface area contributed by atoms with Crippen LogP contribution >= 0.6 is 0 Å². The third-order valence-corrected chi connectivity index (χ3v) is 2.36. The highest BCUT2D eigenvalue weighted by molar-refractivity contribution is 5.69. The Hall–Kier alpha value is -1.71. The fraction of sp³-hybridized carbons (Fsp3) is 0.364. The lowest BCUT2D eigenvalue weighted by atomic mass is 10.1. The van der Waals surface area contributed by atoms with E-state index < -0.39 is 5.97 Å². The first-order valence-electron chi connectivity index (χ1n) is 4.87. The molecule has 80 valence electrons. The zero-order chi connectivity index (χ0) is 10.8. The smallest absolute Gasteiger partial charge is 0.305 e. The van der Waals surface area contributed by atoms with Crippen molar-refractivity contribution in [3.63, 3.8) is 0 Å². The first kappa shape index (κ1) is 9.83. The number of nitrogens with one attached hydrogen (secondary N) is 1. The normalized spacial score (nSPS) is 18.6. The maximum absolute atomic E-state index is 10.6. The molecule has 2 N–H and O–H groups in total. The Morgan fingerprint density at radius 3 is 3.20 bits per heavy atom. The van der Waals surface area contributed by atoms with Gasteiger partial charge in [0.25, 0.3) is 0 Å². The Morgan fingerprint density at radius 1 is 1.67 bits per heavy atom. The van der Waals surface area contributed by atoms with Gasteiger partial charge in [0, 0.05) is 0 Å². The van der Waals surface area contributed by atoms with Crippen LogP contribution in [0, 0.1) is 6.92 Å². The van der Waals surface area contributed by atoms with Crippen LogP contribution in [0.5, 0.6) is 5.75 Å². The predicted molar refractivity (Wildman–Crippen MR) is 56.3 cm³/mol. The second-order valence-electron chi connectivity index (χ2n) is 3.75. The van der Waals surface area contributed by atoms with Crippen LogP contribution in [0.2, 0.25) is 0 Å². The summed E-state index contributed by atoms with van der Waals surface area (Å²) in [5.74, 6) is -0.0190. The number of carboxylic acids is 1. The summed E-state index contributed by atoms with van der Waals surface area (Å²) >= 11 is 0. The lowest BCUT2D eigenvalue weighted by Crippen LogP contribution is -2.33. The summed E-state index contributed by atoms with van der Waals surface area (Å²) in [7, 11) is 0. The molecule has 1 atom stereocenters. The van der Waals surface area contributed by atoms with E-state index >= 15 is 0 Å². The standard InChI is InChI=1S/C11H13NO3/c1-7-2-3-10-9(4-7)12-8(6-15-10)5-11(13)14/h2-4,8,12H,5-6H2,1H3,(H,13,14)/t8-/m1/s1. The van der Waals surface area contributed by atoms with Crippen molar-refractivity contribution >= 4 is 11.7 Å². The summed E-state index contributed by atoms with van der Waals surface area (Å²) in [4.78, 5) is 10.6. The monoisotopic (exact) mass is 207 g/mol. The molecule has 0 aromatic heterocycles. The van der Waals surface area contributed by atoms with Crippen LogP contribution in [-0.4, -0.2) is 23.7 Å². The van der Waals surface area contributed by atoms with Gasteiger partial charge < -0.3 is 15.2 Å². The lowest BCUT2D eigenvalue weighted by Gasteiger charge is -2.26. The van der Waals surface area contributed by atoms with Gasteiger partial charge in [0.15, 0.2) is 0 Å². The Morgan fingerprint density at radius 2 is 2.47 bits per heavy atom. The van der Waals surface area contributed by atoms with E-state index in [4.69, 9.17) is 9.84 Å². The maximum atomic E-state index is 10.6. The van der Waals surface area contributed by atoms with Crippen molar-refractivity contribution in [2.24, 2.45) is 0 Å². The number of benzene rings is 1. The molecular formula is C11H13NO3. The second kappa shape index (κ2) is 3.81. The molecule has 1 aliphatic heterocycles. The minimum atomic E-state index is -0.813. The van der Waals surface area contributed by atoms with Crippen LogP contribution < -0.4 is 10.1 Å². The van der Waals surface area contributed by atoms with Crippen molar-refractivity contribution in [2.45, 2.75) is 19.4 Å². The van der Waals surface area contributed by atoms with Gasteiger partial charge in [-0.2, -0.15) is 0 Å². The van der Waals surface area contributed by atoms with Gasteiger partial charge in [-0.25, -0.2) is 0 Å². The number of carbonyl (C=O) groups is 1. The zero-order valence-corrected chi connectivity index (χ0v) is 8.49. The first-order valence-corrected chi connectivity index (χ1v) is 4.87. The van der Waals surface area contributed by atoms with E-state index in [0.29, 0.717) is 6.61 Å². The average molecular weight is 207 g/mol. The van der Waals surface area contributed by atoms with Gasteiger partial charge in [0.05, 0.1) is 18.2 Å². The maximum Gasteiger partial charge on any atom is 0.305 e. The first-order chi connectivity index (χ1) is 7.15. The molecule has 4 nitrogen and oxygen atoms in total. The highest BCUT2D eigenvalue weighted by atomic mass is 16.5. The summed E-state index contributed by atoms with van der Waals surface area (Å²) in [6.45, 7) is 2.39. The summed E-state index contributed by atoms with van der Waals surface area (Å²) in [6, 6.07) is 5.69. The topological polar surface area (TPSA) is 58.6 Å². The second-order valence-corrected chi connectivity index (χ2v) is 3.75. The molecule has 0 bridgehead atoms. The van der Waals surface area contributed by atoms with Gasteiger partial charge in [-0.1, -0.05) is 6.07 Å². The van der Waals surface area contributed by atoms with E-state index in [-0.39, 0.29) is 12.5 Å². The van der Waals surface area contributed by atoms with Crippen molar-refractivity contribution in [1.82, 2.24) is 0 Å². The summed E-state index contributed by atoms with van der Waals surface area (Å²) in [6.07, 6.45) is 0.0768. The fourth-order valence-corrected chi connectivity index (χ4v) is 1.66. The molecule has 1 aromatic rings. The summed E-state index contributed by atoms with van der Waals surface area (Å²) in [5.41, 5.74) is 2.01. The third kappa shape index (κ3) is 2.21. The fourth-order valence-electron chi connectivity index (χ4n) is 1.66. The molecule has 0 aliphatic carbocycles. The van der Waals surface area contributed by atoms with Crippen molar-refractivity contribution < 1.29 is 14.6 Å². The number of carboxylic acid groups (broad SMARTS) is 1. The molecule has 0 spiro atoms. The highest BCUT2D eigenvalue weighted by Gasteiger charge is 2.20. The molecule has 0 saturated carbocycles. The van der Waals surface area contributed by atoms with Crippen LogP contribution in [-0.2, 0) is 4.79 Å². The van der Waals surface area contributed by atoms with Crippen molar-refractivity contribution in [3.8, 4) is 5.75 Å². The molecule has 0 radical (unpaired) electrons. The van der Waals surface area contributed by atoms with Gasteiger partial charge in [-0.3, -0.25) is 4.79 Å². The molecule has 1 heterocycles. The highest BCUT2D eigenvalue weighted by Crippen LogP contribution is 2.30. The van der Waals surface area contributed by atoms with Gasteiger partial charge in [0.1, 0.15) is 12.4 Å². The SMILES string of the molecule is Cc1ccc2c(c1)N[C@H](CC(=O)O)CO2. The van der Waals surface area contributed by atoms with E-state index in [1.54, 1.807) is 0 Å². The van der Waals surface area contributed by atoms with Crippen LogP contribution in [0.4, 0.5) is 5.69 Å². The molecule has 1 aliphatic rings. The largest absolute Gasteiger partial charge is 0.489 e. The van der Waals surface area contributed by atoms with E-state index in [2.05, 4.69) is 5.32 Å². The Kier molecular flexibility index (Phi) is 2.49. The van der Waals surface area contributed by atoms with E-state index in [9.17, 15) is 4.79 Å². The van der Waals surface area contributed by atoms with Crippen molar-refractivity contribution in [3.05, 3.63) is 23.8 Å². The molecule has 15 heavy (non-hydrogen) atoms. The number of aliphatic carboxylic acids is 1. The summed E-state index contributed by atoms with van der Waals surface area (Å²) in [5, 5.41) is 11.8. The Labute approximate surface area is 87.9 Å². The predicted octanol–water partition coefficient (Wildman–Crippen LogP) is 1.64. The quantitative estimate of drug-likeness (QED) is 0.774. The molecule has 1 aromatic carbocycles. The molecular weight excluding hydrogens is 194 g/mol. The van der Waals surface area contributed by atoms with Gasteiger partial charge in [-0.05, 0) is 24.6 Å². The van der Waals surface area contributed by atoms with Crippen LogP contribution in [0.15, 0.2) is 18.2 Å². The Balaban J connectivity index is 2.14. The van der Waals surface area contributed by atoms with E-state index in [1.165, 1.54) is 0 Å². The number of hydrogen-bond donors (Lipinski definition) is 2. The molecule has 4 heteroatoms. The van der Waals surface area contributed by atoms with Crippen LogP contribution in [0.1, 0.15) is 12.0 Å². The molecule has 0 amide bonds. The molecule has 0 saturated heterocycles. The van der Waals surface area contributed by atoms with Crippen LogP contribution in [0.25, 0.3) is 0 Å². The van der Waals surface area contributed by atoms with Gasteiger partial charge in [0.2, 0.25) is 0 Å². The molecule has 2 rings (SSSR count). The van der Waals surface area contributed by atoms with Crippen LogP contribution in [0.3, 0.4) is 0 Å². The zero-order valence-electron chi connectivity index (χ0n) is 8.49. The van der Waals surface area contributed by atoms with E-state index in [0.717, 1.165) is 17.0 Å². The average Bonchev–Trinajstić information content (AvgIpc) is 2.16. The number of aryl methyl sites for hydroxylation is 1. The number of ether oxygens (including phenoxy) is 1. The van der Waals surface area contributed by atoms with Crippen molar-refractivity contribution in [2.75, 3.05) is 11.9 Å². The molecule has 0 unspecified atom stereocenters. The Bertz CT molecular complexity index is 389. The lowest BCUT2D eigenvalue weighted by molar-refractivity contribution is -0.137. The number of anilines is 1. The third-order valence-electron chi connectivity index (χ3n) is 2.36. The van der Waals surface area contributed by atoms with Gasteiger partial charge >= 0.3 is 5.97 Å². The number of fused-ring (bicyclic) bond motifs is 1. The number of rotatable bonds is 2.